The number of hydrazine groups is 1. The molecule has 0 spiro atoms. The molecular weight excluding hydrogens is 368 g/mol. The zero-order chi connectivity index (χ0) is 19.1. The van der Waals surface area contributed by atoms with Crippen molar-refractivity contribution in [3.63, 3.8) is 0 Å². The molecule has 0 radical (unpaired) electrons. The number of carbonyl (C=O) groups is 2. The summed E-state index contributed by atoms with van der Waals surface area (Å²) in [6.45, 7) is 0. The summed E-state index contributed by atoms with van der Waals surface area (Å²) in [5.74, 6) is 2.19. The van der Waals surface area contributed by atoms with Gasteiger partial charge in [0.15, 0.2) is 0 Å². The van der Waals surface area contributed by atoms with Crippen LogP contribution in [-0.2, 0) is 4.79 Å². The van der Waals surface area contributed by atoms with Gasteiger partial charge in [0.2, 0.25) is 5.91 Å². The number of benzene rings is 1. The van der Waals surface area contributed by atoms with Gasteiger partial charge in [0.05, 0.1) is 0 Å². The van der Waals surface area contributed by atoms with Crippen molar-refractivity contribution in [3.05, 3.63) is 46.7 Å². The van der Waals surface area contributed by atoms with E-state index in [2.05, 4.69) is 10.9 Å². The zero-order valence-electron chi connectivity index (χ0n) is 15.9. The van der Waals surface area contributed by atoms with Crippen LogP contribution in [0, 0.1) is 23.2 Å². The Hall–Kier alpha value is -2.14. The fourth-order valence-electron chi connectivity index (χ4n) is 6.40. The van der Waals surface area contributed by atoms with Crippen molar-refractivity contribution < 1.29 is 9.59 Å². The highest BCUT2D eigenvalue weighted by molar-refractivity contribution is 7.12. The molecule has 4 aliphatic rings. The predicted octanol–water partition coefficient (Wildman–Crippen LogP) is 4.78. The summed E-state index contributed by atoms with van der Waals surface area (Å²) in [6.07, 6.45) is 8.26. The second-order valence-electron chi connectivity index (χ2n) is 9.13. The third-order valence-corrected chi connectivity index (χ3v) is 7.89. The fourth-order valence-corrected chi connectivity index (χ4v) is 7.22. The largest absolute Gasteiger partial charge is 0.280 e. The molecule has 5 heteroatoms. The number of rotatable bonds is 4. The van der Waals surface area contributed by atoms with Crippen LogP contribution in [0.3, 0.4) is 0 Å². The second kappa shape index (κ2) is 7.03. The fraction of sp³-hybridized carbons (Fsp3) is 0.478. The second-order valence-corrected chi connectivity index (χ2v) is 10.0. The number of nitrogens with one attached hydrogen (secondary N) is 2. The molecule has 1 aromatic heterocycles. The molecule has 6 rings (SSSR count). The molecule has 2 amide bonds. The van der Waals surface area contributed by atoms with Crippen LogP contribution in [0.25, 0.3) is 11.1 Å². The first-order chi connectivity index (χ1) is 13.6. The van der Waals surface area contributed by atoms with E-state index < -0.39 is 0 Å². The quantitative estimate of drug-likeness (QED) is 0.733. The molecule has 1 heterocycles. The normalized spacial score (nSPS) is 30.2. The smallest absolute Gasteiger partial charge is 0.273 e. The van der Waals surface area contributed by atoms with Crippen molar-refractivity contribution in [3.8, 4) is 11.1 Å². The number of amides is 2. The van der Waals surface area contributed by atoms with Gasteiger partial charge in [-0.2, -0.15) is 0 Å². The molecule has 2 aromatic rings. The van der Waals surface area contributed by atoms with Crippen molar-refractivity contribution in [1.82, 2.24) is 10.9 Å². The third kappa shape index (κ3) is 3.37. The van der Waals surface area contributed by atoms with E-state index in [9.17, 15) is 9.59 Å². The van der Waals surface area contributed by atoms with E-state index in [1.54, 1.807) is 0 Å². The van der Waals surface area contributed by atoms with Crippen LogP contribution < -0.4 is 10.9 Å². The van der Waals surface area contributed by atoms with Gasteiger partial charge >= 0.3 is 0 Å². The van der Waals surface area contributed by atoms with E-state index in [0.717, 1.165) is 28.9 Å². The predicted molar refractivity (Wildman–Crippen MR) is 111 cm³/mol. The summed E-state index contributed by atoms with van der Waals surface area (Å²) in [6, 6.07) is 11.8. The standard InChI is InChI=1S/C23H26N2O2S/c26-20(14-23-11-15-8-16(12-23)10-17(9-15)13-23)24-25-22(27)21-19(6-7-28-21)18-4-2-1-3-5-18/h1-7,15-17H,8-14H2,(H,24,26)(H,25,27). The van der Waals surface area contributed by atoms with E-state index in [1.165, 1.54) is 49.9 Å². The molecule has 0 aliphatic heterocycles. The van der Waals surface area contributed by atoms with E-state index in [-0.39, 0.29) is 17.2 Å². The number of hydrogen-bond acceptors (Lipinski definition) is 3. The van der Waals surface area contributed by atoms with E-state index in [4.69, 9.17) is 0 Å². The first kappa shape index (κ1) is 17.9. The van der Waals surface area contributed by atoms with Gasteiger partial charge in [-0.05, 0) is 78.7 Å². The maximum Gasteiger partial charge on any atom is 0.280 e. The molecule has 4 nitrogen and oxygen atoms in total. The average Bonchev–Trinajstić information content (AvgIpc) is 3.15. The average molecular weight is 395 g/mol. The van der Waals surface area contributed by atoms with Crippen LogP contribution in [0.2, 0.25) is 0 Å². The van der Waals surface area contributed by atoms with Crippen LogP contribution >= 0.6 is 11.3 Å². The van der Waals surface area contributed by atoms with Crippen molar-refractivity contribution >= 4 is 23.2 Å². The van der Waals surface area contributed by atoms with Crippen molar-refractivity contribution in [1.29, 1.82) is 0 Å². The van der Waals surface area contributed by atoms with Crippen LogP contribution in [0.4, 0.5) is 0 Å². The number of thiophene rings is 1. The Kier molecular flexibility index (Phi) is 4.50. The Morgan fingerprint density at radius 3 is 2.21 bits per heavy atom. The van der Waals surface area contributed by atoms with Crippen LogP contribution in [0.1, 0.15) is 54.6 Å². The molecule has 4 fully saturated rings. The minimum Gasteiger partial charge on any atom is -0.273 e. The minimum absolute atomic E-state index is 0.0480. The lowest BCUT2D eigenvalue weighted by Crippen LogP contribution is -2.50. The van der Waals surface area contributed by atoms with Crippen LogP contribution in [-0.4, -0.2) is 11.8 Å². The topological polar surface area (TPSA) is 58.2 Å². The summed E-state index contributed by atoms with van der Waals surface area (Å²) in [5, 5.41) is 1.91. The zero-order valence-corrected chi connectivity index (χ0v) is 16.8. The lowest BCUT2D eigenvalue weighted by atomic mass is 9.49. The SMILES string of the molecule is O=C(CC12CC3CC(CC(C3)C1)C2)NNC(=O)c1sccc1-c1ccccc1. The number of carbonyl (C=O) groups excluding carboxylic acids is 2. The molecule has 1 aromatic carbocycles. The van der Waals surface area contributed by atoms with Crippen molar-refractivity contribution in [2.75, 3.05) is 0 Å². The Bertz CT molecular complexity index is 854. The monoisotopic (exact) mass is 394 g/mol. The van der Waals surface area contributed by atoms with Gasteiger partial charge in [-0.25, -0.2) is 0 Å². The molecule has 146 valence electrons. The van der Waals surface area contributed by atoms with Gasteiger partial charge in [-0.1, -0.05) is 30.3 Å². The highest BCUT2D eigenvalue weighted by Gasteiger charge is 2.51. The molecule has 4 bridgehead atoms. The summed E-state index contributed by atoms with van der Waals surface area (Å²) < 4.78 is 0. The van der Waals surface area contributed by atoms with Crippen LogP contribution in [0.5, 0.6) is 0 Å². The highest BCUT2D eigenvalue weighted by Crippen LogP contribution is 2.61. The highest BCUT2D eigenvalue weighted by atomic mass is 32.1. The van der Waals surface area contributed by atoms with Crippen molar-refractivity contribution in [2.45, 2.75) is 44.9 Å². The molecule has 2 N–H and O–H groups in total. The maximum atomic E-state index is 12.7. The minimum atomic E-state index is -0.243. The summed E-state index contributed by atoms with van der Waals surface area (Å²) in [7, 11) is 0. The molecule has 0 atom stereocenters. The van der Waals surface area contributed by atoms with Crippen molar-refractivity contribution in [2.24, 2.45) is 23.2 Å². The Balaban J connectivity index is 1.21. The molecule has 0 unspecified atom stereocenters. The van der Waals surface area contributed by atoms with Gasteiger partial charge in [0.1, 0.15) is 4.88 Å². The van der Waals surface area contributed by atoms with Gasteiger partial charge in [0, 0.05) is 12.0 Å². The van der Waals surface area contributed by atoms with E-state index in [1.807, 2.05) is 41.8 Å². The van der Waals surface area contributed by atoms with Crippen LogP contribution in [0.15, 0.2) is 41.8 Å². The Labute approximate surface area is 169 Å². The van der Waals surface area contributed by atoms with E-state index in [0.29, 0.717) is 11.3 Å². The summed E-state index contributed by atoms with van der Waals surface area (Å²) in [4.78, 5) is 25.9. The Morgan fingerprint density at radius 2 is 1.57 bits per heavy atom. The van der Waals surface area contributed by atoms with Gasteiger partial charge < -0.3 is 0 Å². The Morgan fingerprint density at radius 1 is 0.929 bits per heavy atom. The number of hydrogen-bond donors (Lipinski definition) is 2. The summed E-state index contributed by atoms with van der Waals surface area (Å²) >= 11 is 1.40. The molecule has 4 saturated carbocycles. The van der Waals surface area contributed by atoms with Gasteiger partial charge in [0.25, 0.3) is 5.91 Å². The molecule has 0 saturated heterocycles. The maximum absolute atomic E-state index is 12.7. The molecule has 28 heavy (non-hydrogen) atoms. The molecular formula is C23H26N2O2S. The first-order valence-corrected chi connectivity index (χ1v) is 11.2. The van der Waals surface area contributed by atoms with Gasteiger partial charge in [-0.3, -0.25) is 20.4 Å². The third-order valence-electron chi connectivity index (χ3n) is 6.97. The summed E-state index contributed by atoms with van der Waals surface area (Å²) in [5.41, 5.74) is 7.43. The first-order valence-electron chi connectivity index (χ1n) is 10.3. The lowest BCUT2D eigenvalue weighted by molar-refractivity contribution is -0.130. The van der Waals surface area contributed by atoms with E-state index >= 15 is 0 Å². The molecule has 4 aliphatic carbocycles. The lowest BCUT2D eigenvalue weighted by Gasteiger charge is -2.56. The van der Waals surface area contributed by atoms with Gasteiger partial charge in [-0.15, -0.1) is 11.3 Å².